The third kappa shape index (κ3) is 7.22. The molecule has 1 saturated carbocycles. The Kier molecular flexibility index (Phi) is 10.0. The summed E-state index contributed by atoms with van der Waals surface area (Å²) >= 11 is 6.41. The third-order valence-corrected chi connectivity index (χ3v) is 8.74. The van der Waals surface area contributed by atoms with Gasteiger partial charge in [-0.1, -0.05) is 41.9 Å². The Labute approximate surface area is 271 Å². The first kappa shape index (κ1) is 33.1. The summed E-state index contributed by atoms with van der Waals surface area (Å²) in [5.74, 6) is -1.89. The molecule has 12 heteroatoms. The quantitative estimate of drug-likeness (QED) is 0.206. The molecule has 0 unspecified atom stereocenters. The van der Waals surface area contributed by atoms with Crippen molar-refractivity contribution in [2.24, 2.45) is 23.3 Å². The zero-order valence-electron chi connectivity index (χ0n) is 26.1. The van der Waals surface area contributed by atoms with E-state index in [1.165, 1.54) is 12.1 Å². The lowest BCUT2D eigenvalue weighted by atomic mass is 9.81. The number of H-pyrrole nitrogens is 1. The lowest BCUT2D eigenvalue weighted by Crippen LogP contribution is -2.50. The van der Waals surface area contributed by atoms with Gasteiger partial charge in [-0.05, 0) is 94.7 Å². The zero-order valence-corrected chi connectivity index (χ0v) is 26.9. The van der Waals surface area contributed by atoms with Gasteiger partial charge >= 0.3 is 5.76 Å². The molecule has 4 aromatic rings. The Morgan fingerprint density at radius 2 is 1.78 bits per heavy atom. The van der Waals surface area contributed by atoms with Crippen LogP contribution in [0.3, 0.4) is 0 Å². The normalized spacial score (nSPS) is 17.2. The predicted molar refractivity (Wildman–Crippen MR) is 178 cm³/mol. The highest BCUT2D eigenvalue weighted by molar-refractivity contribution is 6.35. The predicted octanol–water partition coefficient (Wildman–Crippen LogP) is 4.48. The number of pyridine rings is 1. The molecule has 2 aromatic carbocycles. The topological polar surface area (TPSA) is 177 Å². The molecule has 5 rings (SSSR count). The first-order valence-corrected chi connectivity index (χ1v) is 15.9. The van der Waals surface area contributed by atoms with Gasteiger partial charge in [-0.2, -0.15) is 0 Å². The smallest absolute Gasteiger partial charge is 0.406 e. The summed E-state index contributed by atoms with van der Waals surface area (Å²) in [6, 6.07) is 13.0. The monoisotopic (exact) mass is 646 g/mol. The van der Waals surface area contributed by atoms with E-state index in [1.807, 2.05) is 51.1 Å². The third-order valence-electron chi connectivity index (χ3n) is 8.46. The van der Waals surface area contributed by atoms with Gasteiger partial charge in [0.05, 0.1) is 22.3 Å². The number of halogens is 1. The summed E-state index contributed by atoms with van der Waals surface area (Å²) in [4.78, 5) is 60.3. The molecule has 2 heterocycles. The summed E-state index contributed by atoms with van der Waals surface area (Å²) in [6.07, 6.45) is 2.98. The maximum atomic E-state index is 14.0. The van der Waals surface area contributed by atoms with Crippen molar-refractivity contribution in [1.82, 2.24) is 15.3 Å². The maximum absolute atomic E-state index is 14.0. The van der Waals surface area contributed by atoms with E-state index in [9.17, 15) is 19.2 Å². The number of aromatic nitrogens is 2. The maximum Gasteiger partial charge on any atom is 0.417 e. The van der Waals surface area contributed by atoms with Gasteiger partial charge in [0.2, 0.25) is 5.91 Å². The molecular weight excluding hydrogens is 608 g/mol. The van der Waals surface area contributed by atoms with Crippen LogP contribution >= 0.6 is 11.6 Å². The summed E-state index contributed by atoms with van der Waals surface area (Å²) in [5, 5.41) is 2.93. The van der Waals surface area contributed by atoms with Crippen molar-refractivity contribution in [3.8, 4) is 11.1 Å². The second kappa shape index (κ2) is 14.0. The van der Waals surface area contributed by atoms with Gasteiger partial charge in [0.25, 0.3) is 11.8 Å². The van der Waals surface area contributed by atoms with Crippen molar-refractivity contribution < 1.29 is 18.8 Å². The molecule has 0 radical (unpaired) electrons. The van der Waals surface area contributed by atoms with E-state index in [0.717, 1.165) is 34.4 Å². The number of imide groups is 1. The number of fused-ring (bicyclic) bond motifs is 1. The minimum atomic E-state index is -1.05. The van der Waals surface area contributed by atoms with Gasteiger partial charge < -0.3 is 21.2 Å². The van der Waals surface area contributed by atoms with Crippen LogP contribution < -0.4 is 27.4 Å². The van der Waals surface area contributed by atoms with Crippen LogP contribution in [0.2, 0.25) is 5.02 Å². The van der Waals surface area contributed by atoms with Crippen LogP contribution in [0, 0.1) is 18.8 Å². The van der Waals surface area contributed by atoms with E-state index in [2.05, 4.69) is 15.3 Å². The summed E-state index contributed by atoms with van der Waals surface area (Å²) in [5.41, 5.74) is 16.6. The van der Waals surface area contributed by atoms with Crippen molar-refractivity contribution in [2.45, 2.75) is 65.0 Å². The van der Waals surface area contributed by atoms with Crippen molar-refractivity contribution in [1.29, 1.82) is 0 Å². The highest BCUT2D eigenvalue weighted by Gasteiger charge is 2.35. The molecule has 1 aliphatic carbocycles. The highest BCUT2D eigenvalue weighted by atomic mass is 35.5. The summed E-state index contributed by atoms with van der Waals surface area (Å²) < 4.78 is 5.11. The van der Waals surface area contributed by atoms with Gasteiger partial charge in [0.1, 0.15) is 5.69 Å². The molecule has 3 amide bonds. The molecule has 1 atom stereocenters. The van der Waals surface area contributed by atoms with E-state index in [0.29, 0.717) is 36.7 Å². The van der Waals surface area contributed by atoms with E-state index >= 15 is 0 Å². The number of amides is 3. The van der Waals surface area contributed by atoms with E-state index in [4.69, 9.17) is 27.5 Å². The fourth-order valence-electron chi connectivity index (χ4n) is 5.98. The Morgan fingerprint density at radius 1 is 1.09 bits per heavy atom. The number of carbonyl (C=O) groups is 3. The second-order valence-electron chi connectivity index (χ2n) is 12.2. The van der Waals surface area contributed by atoms with Gasteiger partial charge in [0, 0.05) is 23.2 Å². The van der Waals surface area contributed by atoms with Crippen molar-refractivity contribution in [3.05, 3.63) is 81.1 Å². The molecular formula is C34H39ClN6O5. The molecule has 1 fully saturated rings. The number of aromatic amines is 1. The lowest BCUT2D eigenvalue weighted by molar-refractivity contribution is -0.130. The van der Waals surface area contributed by atoms with E-state index < -0.39 is 17.7 Å². The molecule has 46 heavy (non-hydrogen) atoms. The number of nitrogens with zero attached hydrogens (tertiary/aromatic N) is 2. The fourth-order valence-corrected chi connectivity index (χ4v) is 6.23. The molecule has 1 aliphatic rings. The average molecular weight is 647 g/mol. The number of hydrogen-bond donors (Lipinski definition) is 4. The minimum absolute atomic E-state index is 0.00474. The van der Waals surface area contributed by atoms with E-state index in [1.54, 1.807) is 6.07 Å². The number of nitrogens with two attached hydrogens (primary N) is 2. The highest BCUT2D eigenvalue weighted by Crippen LogP contribution is 2.34. The zero-order chi connectivity index (χ0) is 33.1. The Hall–Kier alpha value is -4.32. The van der Waals surface area contributed by atoms with Gasteiger partial charge in [-0.3, -0.25) is 19.4 Å². The standard InChI is InChI=1S/C34H39ClN6O5/c1-18(2)38-31(42)28-13-12-25(19(3)39-28)22-8-4-20(5-9-22)14-27(37)33(44)41(32(43)23-10-6-21(17-36)7-11-23)24-15-26(35)30-29(16-24)40-34(45)46-30/h4-5,8-9,12-13,15-16,18,21,23,27H,6-7,10-11,14,17,36-37H2,1-3H3,(H,38,42)(H,40,45)/t21?,23?,27-/m0/s1. The molecule has 0 spiro atoms. The first-order chi connectivity index (χ1) is 21.9. The molecule has 0 saturated heterocycles. The Morgan fingerprint density at radius 3 is 2.41 bits per heavy atom. The average Bonchev–Trinajstić information content (AvgIpc) is 3.42. The van der Waals surface area contributed by atoms with Gasteiger partial charge in [-0.15, -0.1) is 0 Å². The molecule has 0 aliphatic heterocycles. The van der Waals surface area contributed by atoms with Crippen molar-refractivity contribution >= 4 is 46.1 Å². The number of carbonyl (C=O) groups excluding carboxylic acids is 3. The summed E-state index contributed by atoms with van der Waals surface area (Å²) in [7, 11) is 0. The van der Waals surface area contributed by atoms with Crippen LogP contribution in [0.15, 0.2) is 57.7 Å². The van der Waals surface area contributed by atoms with Crippen molar-refractivity contribution in [3.63, 3.8) is 0 Å². The number of nitrogens with one attached hydrogen (secondary N) is 2. The van der Waals surface area contributed by atoms with E-state index in [-0.39, 0.29) is 52.0 Å². The largest absolute Gasteiger partial charge is 0.417 e. The number of aryl methyl sites for hydroxylation is 1. The number of benzene rings is 2. The van der Waals surface area contributed by atoms with Gasteiger partial charge in [-0.25, -0.2) is 14.7 Å². The van der Waals surface area contributed by atoms with Crippen LogP contribution in [-0.2, 0) is 16.0 Å². The number of hydrogen-bond acceptors (Lipinski definition) is 8. The minimum Gasteiger partial charge on any atom is -0.406 e. The van der Waals surface area contributed by atoms with Crippen LogP contribution in [0.1, 0.15) is 61.3 Å². The van der Waals surface area contributed by atoms with Crippen molar-refractivity contribution in [2.75, 3.05) is 11.4 Å². The van der Waals surface area contributed by atoms with Crippen LogP contribution in [-0.4, -0.2) is 46.3 Å². The molecule has 2 aromatic heterocycles. The molecule has 0 bridgehead atoms. The molecule has 242 valence electrons. The summed E-state index contributed by atoms with van der Waals surface area (Å²) in [6.45, 7) is 6.19. The number of oxazole rings is 1. The fraction of sp³-hybridized carbons (Fsp3) is 0.382. The van der Waals surface area contributed by atoms with Crippen LogP contribution in [0.5, 0.6) is 0 Å². The Bertz CT molecular complexity index is 1810. The van der Waals surface area contributed by atoms with Crippen LogP contribution in [0.4, 0.5) is 5.69 Å². The second-order valence-corrected chi connectivity index (χ2v) is 12.7. The van der Waals surface area contributed by atoms with Crippen LogP contribution in [0.25, 0.3) is 22.2 Å². The van der Waals surface area contributed by atoms with Gasteiger partial charge in [0.15, 0.2) is 5.58 Å². The number of anilines is 1. The number of rotatable bonds is 9. The molecule has 6 N–H and O–H groups in total. The Balaban J connectivity index is 1.37. The SMILES string of the molecule is Cc1nc(C(=O)NC(C)C)ccc1-c1ccc(C[C@H](N)C(=O)N(C(=O)C2CCC(CN)CC2)c2cc(Cl)c3oc(=O)[nH]c3c2)cc1. The first-order valence-electron chi connectivity index (χ1n) is 15.5. The molecule has 11 nitrogen and oxygen atoms in total. The lowest BCUT2D eigenvalue weighted by Gasteiger charge is -2.32.